The van der Waals surface area contributed by atoms with Crippen molar-refractivity contribution in [2.24, 2.45) is 4.99 Å². The molecular weight excluding hydrogens is 510 g/mol. The standard InChI is InChI=1S/C39H31N3/c1-2-6-17-28(16-5-1)33-25-31(27-14-7-3-8-15-27)26-37(40-33)42-35-22-12-11-21-32(35)39-38-30(20-13-23-36(38)42)24-34(41-39)29-18-9-4-10-19-29/h1-5,7-16,18-23,25-26,28,34H,6,17,24H2/t28-,34?/m1/s1. The Morgan fingerprint density at radius 3 is 2.36 bits per heavy atom. The minimum Gasteiger partial charge on any atom is -0.294 e. The Balaban J connectivity index is 1.33. The van der Waals surface area contributed by atoms with E-state index in [1.165, 1.54) is 27.8 Å². The van der Waals surface area contributed by atoms with Crippen molar-refractivity contribution in [3.05, 3.63) is 168 Å². The highest BCUT2D eigenvalue weighted by Crippen LogP contribution is 2.48. The first-order valence-corrected chi connectivity index (χ1v) is 14.9. The van der Waals surface area contributed by atoms with Gasteiger partial charge in [0.15, 0.2) is 0 Å². The van der Waals surface area contributed by atoms with Gasteiger partial charge in [0.25, 0.3) is 0 Å². The number of rotatable bonds is 4. The van der Waals surface area contributed by atoms with Gasteiger partial charge in [0.1, 0.15) is 5.82 Å². The van der Waals surface area contributed by atoms with Gasteiger partial charge in [-0.1, -0.05) is 115 Å². The van der Waals surface area contributed by atoms with Crippen LogP contribution < -0.4 is 4.90 Å². The zero-order chi connectivity index (χ0) is 27.9. The van der Waals surface area contributed by atoms with E-state index in [0.29, 0.717) is 0 Å². The van der Waals surface area contributed by atoms with E-state index in [1.54, 1.807) is 0 Å². The van der Waals surface area contributed by atoms with E-state index in [9.17, 15) is 0 Å². The molecule has 2 aliphatic heterocycles. The molecule has 1 aromatic heterocycles. The number of hydrogen-bond donors (Lipinski definition) is 0. The molecule has 4 aromatic carbocycles. The summed E-state index contributed by atoms with van der Waals surface area (Å²) in [7, 11) is 0. The largest absolute Gasteiger partial charge is 0.294 e. The number of anilines is 3. The van der Waals surface area contributed by atoms with E-state index in [4.69, 9.17) is 9.98 Å². The lowest BCUT2D eigenvalue weighted by Gasteiger charge is -2.37. The van der Waals surface area contributed by atoms with Crippen molar-refractivity contribution in [3.63, 3.8) is 0 Å². The van der Waals surface area contributed by atoms with Crippen molar-refractivity contribution >= 4 is 22.9 Å². The van der Waals surface area contributed by atoms with Gasteiger partial charge in [-0.25, -0.2) is 4.98 Å². The average Bonchev–Trinajstić information content (AvgIpc) is 3.35. The summed E-state index contributed by atoms with van der Waals surface area (Å²) in [6, 6.07) is 41.4. The highest BCUT2D eigenvalue weighted by molar-refractivity contribution is 6.24. The van der Waals surface area contributed by atoms with E-state index in [0.717, 1.165) is 53.4 Å². The maximum absolute atomic E-state index is 5.41. The van der Waals surface area contributed by atoms with Gasteiger partial charge < -0.3 is 0 Å². The molecule has 1 unspecified atom stereocenters. The van der Waals surface area contributed by atoms with Gasteiger partial charge in [0, 0.05) is 17.0 Å². The Hall–Kier alpha value is -5.02. The van der Waals surface area contributed by atoms with Crippen LogP contribution in [-0.2, 0) is 6.42 Å². The van der Waals surface area contributed by atoms with Crippen molar-refractivity contribution in [2.45, 2.75) is 31.2 Å². The Morgan fingerprint density at radius 1 is 0.690 bits per heavy atom. The summed E-state index contributed by atoms with van der Waals surface area (Å²) in [5.74, 6) is 1.21. The van der Waals surface area contributed by atoms with E-state index in [-0.39, 0.29) is 12.0 Å². The van der Waals surface area contributed by atoms with Gasteiger partial charge in [0.05, 0.1) is 28.8 Å². The van der Waals surface area contributed by atoms with Crippen molar-refractivity contribution in [2.75, 3.05) is 4.90 Å². The molecule has 42 heavy (non-hydrogen) atoms. The lowest BCUT2D eigenvalue weighted by Crippen LogP contribution is -2.28. The van der Waals surface area contributed by atoms with Crippen molar-refractivity contribution in [1.29, 1.82) is 0 Å². The zero-order valence-corrected chi connectivity index (χ0v) is 23.4. The number of para-hydroxylation sites is 1. The first-order valence-electron chi connectivity index (χ1n) is 14.9. The number of fused-ring (bicyclic) bond motifs is 2. The molecule has 8 rings (SSSR count). The number of aliphatic imine (C=N–C) groups is 1. The molecule has 2 atom stereocenters. The summed E-state index contributed by atoms with van der Waals surface area (Å²) in [6.45, 7) is 0. The third kappa shape index (κ3) is 4.29. The molecule has 0 spiro atoms. The third-order valence-electron chi connectivity index (χ3n) is 8.67. The number of pyridine rings is 1. The van der Waals surface area contributed by atoms with Gasteiger partial charge in [-0.2, -0.15) is 0 Å². The summed E-state index contributed by atoms with van der Waals surface area (Å²) < 4.78 is 0. The van der Waals surface area contributed by atoms with Gasteiger partial charge in [-0.15, -0.1) is 0 Å². The Kier molecular flexibility index (Phi) is 6.14. The molecule has 3 heterocycles. The predicted octanol–water partition coefficient (Wildman–Crippen LogP) is 9.66. The summed E-state index contributed by atoms with van der Waals surface area (Å²) in [5.41, 5.74) is 11.8. The highest BCUT2D eigenvalue weighted by Gasteiger charge is 2.35. The topological polar surface area (TPSA) is 28.5 Å². The van der Waals surface area contributed by atoms with Gasteiger partial charge >= 0.3 is 0 Å². The molecule has 3 nitrogen and oxygen atoms in total. The van der Waals surface area contributed by atoms with Crippen LogP contribution in [0, 0.1) is 0 Å². The lowest BCUT2D eigenvalue weighted by atomic mass is 9.83. The maximum atomic E-state index is 5.41. The molecule has 0 fully saturated rings. The van der Waals surface area contributed by atoms with Crippen molar-refractivity contribution < 1.29 is 0 Å². The predicted molar refractivity (Wildman–Crippen MR) is 173 cm³/mol. The van der Waals surface area contributed by atoms with Crippen LogP contribution in [-0.4, -0.2) is 10.7 Å². The SMILES string of the molecule is C1=CCC[C@H](c2cc(-c3ccccc3)cc(N3c4ccccc4C4=NC(c5ccccc5)Cc5cccc3c54)n2)C=C1. The molecule has 0 N–H and O–H groups in total. The van der Waals surface area contributed by atoms with Crippen LogP contribution in [0.3, 0.4) is 0 Å². The van der Waals surface area contributed by atoms with Gasteiger partial charge in [-0.05, 0) is 65.8 Å². The normalized spacial score (nSPS) is 18.6. The molecule has 0 radical (unpaired) electrons. The molecule has 0 saturated carbocycles. The molecule has 0 bridgehead atoms. The second kappa shape index (κ2) is 10.4. The first kappa shape index (κ1) is 24.8. The average molecular weight is 542 g/mol. The molecule has 0 amide bonds. The van der Waals surface area contributed by atoms with Crippen molar-refractivity contribution in [3.8, 4) is 11.1 Å². The number of allylic oxidation sites excluding steroid dienone is 4. The summed E-state index contributed by atoms with van der Waals surface area (Å²) in [5, 5.41) is 0. The highest BCUT2D eigenvalue weighted by atomic mass is 15.2. The van der Waals surface area contributed by atoms with Crippen LogP contribution in [0.2, 0.25) is 0 Å². The van der Waals surface area contributed by atoms with Crippen LogP contribution in [0.25, 0.3) is 11.1 Å². The molecule has 5 aromatic rings. The first-order chi connectivity index (χ1) is 20.8. The van der Waals surface area contributed by atoms with E-state index in [2.05, 4.69) is 144 Å². The fraction of sp³-hybridized carbons (Fsp3) is 0.128. The van der Waals surface area contributed by atoms with Crippen LogP contribution in [0.5, 0.6) is 0 Å². The van der Waals surface area contributed by atoms with Gasteiger partial charge in [-0.3, -0.25) is 9.89 Å². The van der Waals surface area contributed by atoms with Crippen LogP contribution in [0.15, 0.2) is 145 Å². The van der Waals surface area contributed by atoms with E-state index < -0.39 is 0 Å². The van der Waals surface area contributed by atoms with Crippen LogP contribution in [0.4, 0.5) is 17.2 Å². The summed E-state index contributed by atoms with van der Waals surface area (Å²) in [4.78, 5) is 13.2. The Labute approximate surface area is 247 Å². The maximum Gasteiger partial charge on any atom is 0.138 e. The summed E-state index contributed by atoms with van der Waals surface area (Å²) in [6.07, 6.45) is 11.9. The molecule has 3 heteroatoms. The number of aromatic nitrogens is 1. The number of hydrogen-bond acceptors (Lipinski definition) is 3. The van der Waals surface area contributed by atoms with E-state index in [1.807, 2.05) is 0 Å². The fourth-order valence-corrected chi connectivity index (χ4v) is 6.64. The van der Waals surface area contributed by atoms with Crippen LogP contribution in [0.1, 0.15) is 52.7 Å². The quantitative estimate of drug-likeness (QED) is 0.222. The molecule has 3 aliphatic rings. The van der Waals surface area contributed by atoms with E-state index >= 15 is 0 Å². The third-order valence-corrected chi connectivity index (χ3v) is 8.67. The fourth-order valence-electron chi connectivity index (χ4n) is 6.64. The zero-order valence-electron chi connectivity index (χ0n) is 23.4. The van der Waals surface area contributed by atoms with Crippen LogP contribution >= 0.6 is 0 Å². The monoisotopic (exact) mass is 541 g/mol. The second-order valence-corrected chi connectivity index (χ2v) is 11.3. The molecule has 0 saturated heterocycles. The molecular formula is C39H31N3. The Bertz CT molecular complexity index is 1870. The summed E-state index contributed by atoms with van der Waals surface area (Å²) >= 11 is 0. The number of benzene rings is 4. The van der Waals surface area contributed by atoms with Crippen molar-refractivity contribution in [1.82, 2.24) is 4.98 Å². The minimum atomic E-state index is 0.102. The smallest absolute Gasteiger partial charge is 0.138 e. The Morgan fingerprint density at radius 2 is 1.48 bits per heavy atom. The lowest BCUT2D eigenvalue weighted by molar-refractivity contribution is 0.711. The minimum absolute atomic E-state index is 0.102. The molecule has 1 aliphatic carbocycles. The number of nitrogens with zero attached hydrogens (tertiary/aromatic N) is 3. The van der Waals surface area contributed by atoms with Gasteiger partial charge in [0.2, 0.25) is 0 Å². The molecule has 202 valence electrons. The second-order valence-electron chi connectivity index (χ2n) is 11.3.